The minimum atomic E-state index is 1.07. The molecule has 1 heterocycles. The summed E-state index contributed by atoms with van der Waals surface area (Å²) in [6, 6.07) is 11.0. The third-order valence-corrected chi connectivity index (χ3v) is 3.33. The molecular weight excluding hydrogens is 188 g/mol. The molecule has 72 valence electrons. The SMILES string of the molecule is Cc1ccc(C)c(Cc2cccs2)c1. The lowest BCUT2D eigenvalue weighted by atomic mass is 10.0. The van der Waals surface area contributed by atoms with Crippen LogP contribution in [0.2, 0.25) is 0 Å². The van der Waals surface area contributed by atoms with Crippen molar-refractivity contribution in [2.45, 2.75) is 20.3 Å². The van der Waals surface area contributed by atoms with E-state index in [0.29, 0.717) is 0 Å². The highest BCUT2D eigenvalue weighted by Crippen LogP contribution is 2.18. The van der Waals surface area contributed by atoms with Gasteiger partial charge in [-0.15, -0.1) is 11.3 Å². The fraction of sp³-hybridized carbons (Fsp3) is 0.231. The van der Waals surface area contributed by atoms with E-state index in [9.17, 15) is 0 Å². The third-order valence-electron chi connectivity index (χ3n) is 2.45. The molecule has 0 amide bonds. The molecule has 0 nitrogen and oxygen atoms in total. The van der Waals surface area contributed by atoms with E-state index in [2.05, 4.69) is 49.6 Å². The average Bonchev–Trinajstić information content (AvgIpc) is 2.64. The Balaban J connectivity index is 2.28. The van der Waals surface area contributed by atoms with Gasteiger partial charge in [-0.05, 0) is 36.4 Å². The molecule has 0 fully saturated rings. The van der Waals surface area contributed by atoms with Crippen LogP contribution < -0.4 is 0 Å². The Kier molecular flexibility index (Phi) is 2.69. The van der Waals surface area contributed by atoms with E-state index in [1.54, 1.807) is 0 Å². The van der Waals surface area contributed by atoms with Gasteiger partial charge in [-0.3, -0.25) is 0 Å². The smallest absolute Gasteiger partial charge is 0.00891 e. The van der Waals surface area contributed by atoms with Gasteiger partial charge in [0.2, 0.25) is 0 Å². The van der Waals surface area contributed by atoms with Crippen LogP contribution in [0.5, 0.6) is 0 Å². The van der Waals surface area contributed by atoms with Gasteiger partial charge in [0.15, 0.2) is 0 Å². The molecule has 1 aromatic carbocycles. The first kappa shape index (κ1) is 9.47. The molecule has 1 heteroatoms. The van der Waals surface area contributed by atoms with Gasteiger partial charge in [-0.2, -0.15) is 0 Å². The second kappa shape index (κ2) is 3.97. The van der Waals surface area contributed by atoms with Gasteiger partial charge in [0.25, 0.3) is 0 Å². The maximum atomic E-state index is 2.29. The summed E-state index contributed by atoms with van der Waals surface area (Å²) in [5.41, 5.74) is 4.19. The van der Waals surface area contributed by atoms with Gasteiger partial charge in [-0.1, -0.05) is 29.8 Å². The van der Waals surface area contributed by atoms with Crippen LogP contribution in [0.3, 0.4) is 0 Å². The molecule has 0 aliphatic carbocycles. The molecule has 0 saturated carbocycles. The molecule has 0 bridgehead atoms. The summed E-state index contributed by atoms with van der Waals surface area (Å²) < 4.78 is 0. The Labute approximate surface area is 89.2 Å². The number of rotatable bonds is 2. The van der Waals surface area contributed by atoms with E-state index in [-0.39, 0.29) is 0 Å². The monoisotopic (exact) mass is 202 g/mol. The molecule has 0 radical (unpaired) electrons. The summed E-state index contributed by atoms with van der Waals surface area (Å²) >= 11 is 1.83. The molecule has 0 spiro atoms. The number of aryl methyl sites for hydroxylation is 2. The largest absolute Gasteiger partial charge is 0.149 e. The van der Waals surface area contributed by atoms with Gasteiger partial charge in [-0.25, -0.2) is 0 Å². The maximum Gasteiger partial charge on any atom is 0.00891 e. The first-order valence-electron chi connectivity index (χ1n) is 4.84. The molecule has 0 atom stereocenters. The van der Waals surface area contributed by atoms with Crippen LogP contribution in [0.25, 0.3) is 0 Å². The zero-order valence-electron chi connectivity index (χ0n) is 8.58. The standard InChI is InChI=1S/C13H14S/c1-10-5-6-11(2)12(8-10)9-13-4-3-7-14-13/h3-8H,9H2,1-2H3. The van der Waals surface area contributed by atoms with E-state index in [1.165, 1.54) is 21.6 Å². The average molecular weight is 202 g/mol. The van der Waals surface area contributed by atoms with Gasteiger partial charge in [0.1, 0.15) is 0 Å². The molecule has 2 aromatic rings. The second-order valence-electron chi connectivity index (χ2n) is 3.69. The maximum absolute atomic E-state index is 2.29. The quantitative estimate of drug-likeness (QED) is 0.691. The van der Waals surface area contributed by atoms with Crippen LogP contribution in [0.4, 0.5) is 0 Å². The molecular formula is C13H14S. The van der Waals surface area contributed by atoms with Crippen LogP contribution in [0.1, 0.15) is 21.6 Å². The minimum Gasteiger partial charge on any atom is -0.149 e. The minimum absolute atomic E-state index is 1.07. The molecule has 0 N–H and O–H groups in total. The topological polar surface area (TPSA) is 0 Å². The lowest BCUT2D eigenvalue weighted by Crippen LogP contribution is -1.90. The van der Waals surface area contributed by atoms with Gasteiger partial charge in [0.05, 0.1) is 0 Å². The Morgan fingerprint density at radius 1 is 1.14 bits per heavy atom. The first-order valence-corrected chi connectivity index (χ1v) is 5.72. The van der Waals surface area contributed by atoms with Crippen LogP contribution in [0.15, 0.2) is 35.7 Å². The van der Waals surface area contributed by atoms with Crippen molar-refractivity contribution in [3.05, 3.63) is 57.3 Å². The molecule has 0 aliphatic rings. The van der Waals surface area contributed by atoms with Crippen LogP contribution in [-0.4, -0.2) is 0 Å². The Morgan fingerprint density at radius 3 is 2.71 bits per heavy atom. The van der Waals surface area contributed by atoms with Crippen molar-refractivity contribution in [3.63, 3.8) is 0 Å². The summed E-state index contributed by atoms with van der Waals surface area (Å²) in [5, 5.41) is 2.14. The van der Waals surface area contributed by atoms with E-state index >= 15 is 0 Å². The Morgan fingerprint density at radius 2 is 2.00 bits per heavy atom. The van der Waals surface area contributed by atoms with Gasteiger partial charge in [0, 0.05) is 11.3 Å². The molecule has 0 unspecified atom stereocenters. The van der Waals surface area contributed by atoms with Gasteiger partial charge < -0.3 is 0 Å². The number of thiophene rings is 1. The van der Waals surface area contributed by atoms with Crippen LogP contribution in [0, 0.1) is 13.8 Å². The molecule has 0 saturated heterocycles. The zero-order valence-corrected chi connectivity index (χ0v) is 9.40. The lowest BCUT2D eigenvalue weighted by Gasteiger charge is -2.05. The Bertz CT molecular complexity index is 413. The van der Waals surface area contributed by atoms with E-state index in [1.807, 2.05) is 11.3 Å². The summed E-state index contributed by atoms with van der Waals surface area (Å²) in [4.78, 5) is 1.44. The molecule has 1 aromatic heterocycles. The summed E-state index contributed by atoms with van der Waals surface area (Å²) in [6.45, 7) is 4.33. The number of hydrogen-bond acceptors (Lipinski definition) is 1. The lowest BCUT2D eigenvalue weighted by molar-refractivity contribution is 1.18. The summed E-state index contributed by atoms with van der Waals surface area (Å²) in [6.07, 6.45) is 1.07. The fourth-order valence-electron chi connectivity index (χ4n) is 1.59. The van der Waals surface area contributed by atoms with E-state index < -0.39 is 0 Å². The van der Waals surface area contributed by atoms with Crippen molar-refractivity contribution in [1.82, 2.24) is 0 Å². The van der Waals surface area contributed by atoms with Crippen molar-refractivity contribution in [2.24, 2.45) is 0 Å². The highest BCUT2D eigenvalue weighted by molar-refractivity contribution is 7.09. The van der Waals surface area contributed by atoms with Crippen molar-refractivity contribution in [2.75, 3.05) is 0 Å². The van der Waals surface area contributed by atoms with Crippen molar-refractivity contribution in [3.8, 4) is 0 Å². The number of benzene rings is 1. The highest BCUT2D eigenvalue weighted by Gasteiger charge is 2.00. The fourth-order valence-corrected chi connectivity index (χ4v) is 2.32. The van der Waals surface area contributed by atoms with E-state index in [4.69, 9.17) is 0 Å². The van der Waals surface area contributed by atoms with Crippen LogP contribution >= 0.6 is 11.3 Å². The van der Waals surface area contributed by atoms with Crippen LogP contribution in [-0.2, 0) is 6.42 Å². The predicted octanol–water partition coefficient (Wildman–Crippen LogP) is 3.96. The molecule has 2 rings (SSSR count). The predicted molar refractivity (Wildman–Crippen MR) is 63.0 cm³/mol. The normalized spacial score (nSPS) is 10.4. The van der Waals surface area contributed by atoms with Crippen molar-refractivity contribution in [1.29, 1.82) is 0 Å². The van der Waals surface area contributed by atoms with Gasteiger partial charge >= 0.3 is 0 Å². The van der Waals surface area contributed by atoms with E-state index in [0.717, 1.165) is 6.42 Å². The molecule has 0 aliphatic heterocycles. The molecule has 14 heavy (non-hydrogen) atoms. The second-order valence-corrected chi connectivity index (χ2v) is 4.72. The first-order chi connectivity index (χ1) is 6.75. The number of hydrogen-bond donors (Lipinski definition) is 0. The summed E-state index contributed by atoms with van der Waals surface area (Å²) in [7, 11) is 0. The Hall–Kier alpha value is -1.08. The van der Waals surface area contributed by atoms with Crippen molar-refractivity contribution >= 4 is 11.3 Å². The third kappa shape index (κ3) is 2.05. The highest BCUT2D eigenvalue weighted by atomic mass is 32.1. The summed E-state index contributed by atoms with van der Waals surface area (Å²) in [5.74, 6) is 0. The van der Waals surface area contributed by atoms with Crippen molar-refractivity contribution < 1.29 is 0 Å². The zero-order chi connectivity index (χ0) is 9.97.